The minimum absolute atomic E-state index is 0.241. The molecule has 0 atom stereocenters. The van der Waals surface area contributed by atoms with Crippen molar-refractivity contribution in [3.8, 4) is 0 Å². The summed E-state index contributed by atoms with van der Waals surface area (Å²) in [6, 6.07) is 3.89. The molecule has 1 amide bonds. The monoisotopic (exact) mass is 225 g/mol. The fraction of sp³-hybridized carbons (Fsp3) is 0.300. The van der Waals surface area contributed by atoms with Crippen LogP contribution in [0.1, 0.15) is 5.56 Å². The molecule has 0 aliphatic heterocycles. The minimum Gasteiger partial charge on any atom is -0.423 e. The number of hydrogen-bond donors (Lipinski definition) is 2. The molecule has 0 saturated heterocycles. The average molecular weight is 225 g/mol. The molecule has 16 heavy (non-hydrogen) atoms. The highest BCUT2D eigenvalue weighted by Crippen LogP contribution is 2.06. The Bertz CT molecular complexity index is 373. The highest BCUT2D eigenvalue weighted by molar-refractivity contribution is 6.58. The van der Waals surface area contributed by atoms with Gasteiger partial charge in [-0.1, -0.05) is 12.1 Å². The molecule has 1 aromatic rings. The van der Waals surface area contributed by atoms with Gasteiger partial charge in [-0.25, -0.2) is 4.39 Å². The zero-order chi connectivity index (χ0) is 12.1. The van der Waals surface area contributed by atoms with Crippen LogP contribution < -0.4 is 5.46 Å². The number of amides is 1. The average Bonchev–Trinajstić information content (AvgIpc) is 2.27. The Balaban J connectivity index is 2.78. The first-order valence-corrected chi connectivity index (χ1v) is 4.84. The fourth-order valence-corrected chi connectivity index (χ4v) is 1.30. The van der Waals surface area contributed by atoms with E-state index in [0.29, 0.717) is 24.9 Å². The van der Waals surface area contributed by atoms with Crippen molar-refractivity contribution in [3.05, 3.63) is 29.6 Å². The zero-order valence-electron chi connectivity index (χ0n) is 8.93. The van der Waals surface area contributed by atoms with E-state index in [0.717, 1.165) is 0 Å². The molecule has 0 bridgehead atoms. The van der Waals surface area contributed by atoms with Crippen molar-refractivity contribution in [2.24, 2.45) is 0 Å². The van der Waals surface area contributed by atoms with E-state index >= 15 is 0 Å². The molecule has 2 N–H and O–H groups in total. The molecule has 1 aromatic carbocycles. The number of rotatable bonds is 5. The van der Waals surface area contributed by atoms with Crippen molar-refractivity contribution in [2.45, 2.75) is 6.42 Å². The molecule has 0 unspecified atom stereocenters. The number of halogens is 1. The number of nitrogens with zero attached hydrogens (tertiary/aromatic N) is 1. The Morgan fingerprint density at radius 3 is 2.75 bits per heavy atom. The number of carbonyl (C=O) groups excluding carboxylic acids is 1. The summed E-state index contributed by atoms with van der Waals surface area (Å²) < 4.78 is 13.3. The smallest absolute Gasteiger partial charge is 0.423 e. The first kappa shape index (κ1) is 12.7. The van der Waals surface area contributed by atoms with Crippen molar-refractivity contribution < 1.29 is 19.2 Å². The summed E-state index contributed by atoms with van der Waals surface area (Å²) in [5, 5.41) is 17.9. The highest BCUT2D eigenvalue weighted by Gasteiger charge is 2.13. The lowest BCUT2D eigenvalue weighted by atomic mass is 9.79. The van der Waals surface area contributed by atoms with Crippen molar-refractivity contribution >= 4 is 19.0 Å². The van der Waals surface area contributed by atoms with Crippen molar-refractivity contribution in [1.82, 2.24) is 4.90 Å². The van der Waals surface area contributed by atoms with Gasteiger partial charge in [-0.2, -0.15) is 0 Å². The molecule has 0 aromatic heterocycles. The molecule has 0 heterocycles. The van der Waals surface area contributed by atoms with Gasteiger partial charge in [-0.05, 0) is 23.5 Å². The van der Waals surface area contributed by atoms with Gasteiger partial charge in [0.2, 0.25) is 6.41 Å². The van der Waals surface area contributed by atoms with Crippen LogP contribution in [0.15, 0.2) is 18.2 Å². The third-order valence-electron chi connectivity index (χ3n) is 2.28. The van der Waals surface area contributed by atoms with E-state index in [9.17, 15) is 9.18 Å². The summed E-state index contributed by atoms with van der Waals surface area (Å²) in [5.41, 5.74) is 0.601. The lowest BCUT2D eigenvalue weighted by Crippen LogP contribution is -2.30. The molecule has 4 nitrogen and oxygen atoms in total. The Morgan fingerprint density at radius 1 is 1.50 bits per heavy atom. The largest absolute Gasteiger partial charge is 0.488 e. The minimum atomic E-state index is -1.61. The van der Waals surface area contributed by atoms with Gasteiger partial charge in [0.1, 0.15) is 5.82 Å². The first-order chi connectivity index (χ1) is 7.54. The van der Waals surface area contributed by atoms with Crippen molar-refractivity contribution in [3.63, 3.8) is 0 Å². The van der Waals surface area contributed by atoms with Gasteiger partial charge in [-0.15, -0.1) is 0 Å². The Labute approximate surface area is 93.5 Å². The first-order valence-electron chi connectivity index (χ1n) is 4.84. The van der Waals surface area contributed by atoms with E-state index in [4.69, 9.17) is 10.0 Å². The van der Waals surface area contributed by atoms with Crippen molar-refractivity contribution in [2.75, 3.05) is 13.6 Å². The maximum atomic E-state index is 13.3. The number of benzene rings is 1. The summed E-state index contributed by atoms with van der Waals surface area (Å²) >= 11 is 0. The van der Waals surface area contributed by atoms with Crippen LogP contribution in [0.2, 0.25) is 0 Å². The zero-order valence-corrected chi connectivity index (χ0v) is 8.93. The number of likely N-dealkylation sites (N-methyl/N-ethyl adjacent to an activating group) is 1. The summed E-state index contributed by atoms with van der Waals surface area (Å²) in [7, 11) is -0.0153. The quantitative estimate of drug-likeness (QED) is 0.506. The van der Waals surface area contributed by atoms with Crippen LogP contribution >= 0.6 is 0 Å². The van der Waals surface area contributed by atoms with Gasteiger partial charge in [0.15, 0.2) is 0 Å². The van der Waals surface area contributed by atoms with Crippen LogP contribution in [0.5, 0.6) is 0 Å². The van der Waals surface area contributed by atoms with Crippen LogP contribution in [0.25, 0.3) is 0 Å². The molecule has 6 heteroatoms. The Hall–Kier alpha value is -1.40. The van der Waals surface area contributed by atoms with E-state index in [1.807, 2.05) is 0 Å². The molecule has 1 rings (SSSR count). The Morgan fingerprint density at radius 2 is 2.19 bits per heavy atom. The predicted molar refractivity (Wildman–Crippen MR) is 58.6 cm³/mol. The summed E-state index contributed by atoms with van der Waals surface area (Å²) in [4.78, 5) is 11.7. The van der Waals surface area contributed by atoms with Crippen molar-refractivity contribution in [1.29, 1.82) is 0 Å². The standard InChI is InChI=1S/C10H13BFNO3/c1-13(7-14)5-4-8-6-9(11(15)16)2-3-10(8)12/h2-3,6-7,15-16H,4-5H2,1H3. The van der Waals surface area contributed by atoms with E-state index in [-0.39, 0.29) is 5.46 Å². The summed E-state index contributed by atoms with van der Waals surface area (Å²) in [6.07, 6.45) is 0.990. The van der Waals surface area contributed by atoms with Gasteiger partial charge in [0.05, 0.1) is 0 Å². The maximum absolute atomic E-state index is 13.3. The SMILES string of the molecule is CN(C=O)CCc1cc(B(O)O)ccc1F. The number of carbonyl (C=O) groups is 1. The van der Waals surface area contributed by atoms with Gasteiger partial charge in [-0.3, -0.25) is 4.79 Å². The predicted octanol–water partition coefficient (Wildman–Crippen LogP) is -0.864. The number of hydrogen-bond acceptors (Lipinski definition) is 3. The van der Waals surface area contributed by atoms with E-state index < -0.39 is 12.9 Å². The van der Waals surface area contributed by atoms with E-state index in [1.54, 1.807) is 7.05 Å². The van der Waals surface area contributed by atoms with Gasteiger partial charge in [0, 0.05) is 13.6 Å². The molecule has 0 aliphatic rings. The lowest BCUT2D eigenvalue weighted by Gasteiger charge is -2.11. The van der Waals surface area contributed by atoms with Crippen LogP contribution in [-0.4, -0.2) is 42.1 Å². The molecule has 0 fully saturated rings. The molecule has 86 valence electrons. The third-order valence-corrected chi connectivity index (χ3v) is 2.28. The van der Waals surface area contributed by atoms with Crippen LogP contribution in [0, 0.1) is 5.82 Å². The second-order valence-electron chi connectivity index (χ2n) is 3.56. The van der Waals surface area contributed by atoms with Gasteiger partial charge < -0.3 is 14.9 Å². The third kappa shape index (κ3) is 3.32. The summed E-state index contributed by atoms with van der Waals surface area (Å²) in [6.45, 7) is 0.380. The Kier molecular flexibility index (Phi) is 4.45. The van der Waals surface area contributed by atoms with Crippen LogP contribution in [0.3, 0.4) is 0 Å². The maximum Gasteiger partial charge on any atom is 0.488 e. The normalized spacial score (nSPS) is 10.0. The van der Waals surface area contributed by atoms with Crippen LogP contribution in [-0.2, 0) is 11.2 Å². The molecule has 0 radical (unpaired) electrons. The lowest BCUT2D eigenvalue weighted by molar-refractivity contribution is -0.116. The second kappa shape index (κ2) is 5.62. The molecule has 0 saturated carbocycles. The van der Waals surface area contributed by atoms with Gasteiger partial charge in [0.25, 0.3) is 0 Å². The topological polar surface area (TPSA) is 60.8 Å². The molecular weight excluding hydrogens is 212 g/mol. The van der Waals surface area contributed by atoms with Crippen LogP contribution in [0.4, 0.5) is 4.39 Å². The van der Waals surface area contributed by atoms with Gasteiger partial charge >= 0.3 is 7.12 Å². The molecular formula is C10H13BFNO3. The second-order valence-corrected chi connectivity index (χ2v) is 3.56. The molecule has 0 spiro atoms. The molecule has 0 aliphatic carbocycles. The highest BCUT2D eigenvalue weighted by atomic mass is 19.1. The summed E-state index contributed by atoms with van der Waals surface area (Å²) in [5.74, 6) is -0.413. The van der Waals surface area contributed by atoms with E-state index in [1.165, 1.54) is 23.1 Å². The fourth-order valence-electron chi connectivity index (χ4n) is 1.30. The van der Waals surface area contributed by atoms with E-state index in [2.05, 4.69) is 0 Å².